The molecule has 0 aliphatic heterocycles. The Morgan fingerprint density at radius 1 is 1.28 bits per heavy atom. The number of pyridine rings is 2. The highest BCUT2D eigenvalue weighted by molar-refractivity contribution is 9.10. The molecule has 0 spiro atoms. The lowest BCUT2D eigenvalue weighted by atomic mass is 10.3. The van der Waals surface area contributed by atoms with Gasteiger partial charge in [0.05, 0.1) is 5.03 Å². The van der Waals surface area contributed by atoms with Gasteiger partial charge >= 0.3 is 0 Å². The Bertz CT molecular complexity index is 502. The largest absolute Gasteiger partial charge is 0.370 e. The van der Waals surface area contributed by atoms with Gasteiger partial charge in [0.2, 0.25) is 0 Å². The Balaban J connectivity index is 2.03. The van der Waals surface area contributed by atoms with Crippen LogP contribution in [0.4, 0.5) is 5.82 Å². The van der Waals surface area contributed by atoms with E-state index in [9.17, 15) is 0 Å². The summed E-state index contributed by atoms with van der Waals surface area (Å²) in [5.41, 5.74) is 1.20. The molecule has 0 saturated carbocycles. The van der Waals surface area contributed by atoms with E-state index in [1.165, 1.54) is 5.56 Å². The van der Waals surface area contributed by atoms with Gasteiger partial charge in [-0.1, -0.05) is 6.07 Å². The van der Waals surface area contributed by atoms with Crippen LogP contribution < -0.4 is 5.32 Å². The quantitative estimate of drug-likeness (QED) is 0.845. The van der Waals surface area contributed by atoms with E-state index in [2.05, 4.69) is 44.2 Å². The molecule has 0 aliphatic carbocycles. The third-order valence-electron chi connectivity index (χ3n) is 2.31. The second kappa shape index (κ2) is 6.75. The molecule has 5 heteroatoms. The van der Waals surface area contributed by atoms with E-state index >= 15 is 0 Å². The van der Waals surface area contributed by atoms with Crippen LogP contribution in [0.25, 0.3) is 0 Å². The first-order valence-electron chi connectivity index (χ1n) is 5.71. The van der Waals surface area contributed by atoms with E-state index in [0.717, 1.165) is 27.6 Å². The molecule has 0 bridgehead atoms. The number of aromatic nitrogens is 2. The van der Waals surface area contributed by atoms with Crippen LogP contribution in [-0.4, -0.2) is 16.5 Å². The fourth-order valence-electron chi connectivity index (χ4n) is 1.48. The molecule has 18 heavy (non-hydrogen) atoms. The van der Waals surface area contributed by atoms with Crippen LogP contribution in [0.1, 0.15) is 12.5 Å². The molecule has 0 aromatic carbocycles. The summed E-state index contributed by atoms with van der Waals surface area (Å²) in [5, 5.41) is 4.29. The predicted molar refractivity (Wildman–Crippen MR) is 79.9 cm³/mol. The number of nitrogens with one attached hydrogen (secondary N) is 1. The van der Waals surface area contributed by atoms with Crippen molar-refractivity contribution >= 4 is 33.5 Å². The minimum absolute atomic E-state index is 0.866. The van der Waals surface area contributed by atoms with E-state index in [0.29, 0.717) is 0 Å². The molecule has 2 aromatic heterocycles. The van der Waals surface area contributed by atoms with Crippen LogP contribution in [0.3, 0.4) is 0 Å². The first-order chi connectivity index (χ1) is 8.79. The second-order valence-electron chi connectivity index (χ2n) is 3.64. The van der Waals surface area contributed by atoms with Crippen LogP contribution in [-0.2, 0) is 5.75 Å². The summed E-state index contributed by atoms with van der Waals surface area (Å²) in [6, 6.07) is 8.07. The van der Waals surface area contributed by atoms with Crippen LogP contribution in [0, 0.1) is 0 Å². The summed E-state index contributed by atoms with van der Waals surface area (Å²) in [5.74, 6) is 1.83. The molecule has 0 radical (unpaired) electrons. The van der Waals surface area contributed by atoms with Gasteiger partial charge in [-0.05, 0) is 41.1 Å². The van der Waals surface area contributed by atoms with Crippen molar-refractivity contribution < 1.29 is 0 Å². The number of hydrogen-bond donors (Lipinski definition) is 1. The van der Waals surface area contributed by atoms with Gasteiger partial charge in [-0.15, -0.1) is 11.8 Å². The zero-order valence-electron chi connectivity index (χ0n) is 10.1. The van der Waals surface area contributed by atoms with Gasteiger partial charge in [0.1, 0.15) is 5.82 Å². The summed E-state index contributed by atoms with van der Waals surface area (Å²) in [6.45, 7) is 2.95. The Morgan fingerprint density at radius 3 is 2.89 bits per heavy atom. The Kier molecular flexibility index (Phi) is 5.01. The first kappa shape index (κ1) is 13.4. The van der Waals surface area contributed by atoms with E-state index in [1.807, 2.05) is 30.6 Å². The van der Waals surface area contributed by atoms with Crippen molar-refractivity contribution in [2.75, 3.05) is 11.9 Å². The highest BCUT2D eigenvalue weighted by Crippen LogP contribution is 2.24. The molecule has 2 rings (SSSR count). The lowest BCUT2D eigenvalue weighted by Crippen LogP contribution is -2.02. The smallest absolute Gasteiger partial charge is 0.129 e. The highest BCUT2D eigenvalue weighted by Gasteiger charge is 2.03. The van der Waals surface area contributed by atoms with Gasteiger partial charge in [0.15, 0.2) is 0 Å². The maximum Gasteiger partial charge on any atom is 0.129 e. The molecule has 3 nitrogen and oxygen atoms in total. The first-order valence-corrected chi connectivity index (χ1v) is 7.49. The number of nitrogens with zero attached hydrogens (tertiary/aromatic N) is 2. The maximum absolute atomic E-state index is 4.34. The fraction of sp³-hybridized carbons (Fsp3) is 0.231. The van der Waals surface area contributed by atoms with Gasteiger partial charge in [0, 0.05) is 34.7 Å². The van der Waals surface area contributed by atoms with Crippen molar-refractivity contribution in [3.63, 3.8) is 0 Å². The molecule has 0 atom stereocenters. The van der Waals surface area contributed by atoms with E-state index in [-0.39, 0.29) is 0 Å². The van der Waals surface area contributed by atoms with Crippen molar-refractivity contribution in [3.8, 4) is 0 Å². The molecule has 0 fully saturated rings. The van der Waals surface area contributed by atoms with E-state index < -0.39 is 0 Å². The van der Waals surface area contributed by atoms with Gasteiger partial charge in [-0.25, -0.2) is 9.97 Å². The average Bonchev–Trinajstić information content (AvgIpc) is 2.40. The van der Waals surface area contributed by atoms with Crippen LogP contribution in [0.15, 0.2) is 46.2 Å². The van der Waals surface area contributed by atoms with Crippen molar-refractivity contribution in [2.45, 2.75) is 17.7 Å². The van der Waals surface area contributed by atoms with Crippen molar-refractivity contribution in [1.82, 2.24) is 9.97 Å². The van der Waals surface area contributed by atoms with Gasteiger partial charge in [-0.3, -0.25) is 0 Å². The van der Waals surface area contributed by atoms with E-state index in [1.54, 1.807) is 11.8 Å². The predicted octanol–water partition coefficient (Wildman–Crippen LogP) is 3.96. The average molecular weight is 324 g/mol. The van der Waals surface area contributed by atoms with Crippen LogP contribution >= 0.6 is 27.7 Å². The molecule has 0 unspecified atom stereocenters. The summed E-state index contributed by atoms with van der Waals surface area (Å²) in [6.07, 6.45) is 3.63. The standard InChI is InChI=1S/C13H14BrN3S/c1-2-15-13-10(4-3-7-16-13)9-18-12-6-5-11(14)8-17-12/h3-8H,2,9H2,1H3,(H,15,16). The van der Waals surface area contributed by atoms with Crippen molar-refractivity contribution in [3.05, 3.63) is 46.7 Å². The molecular formula is C13H14BrN3S. The van der Waals surface area contributed by atoms with Gasteiger partial charge in [-0.2, -0.15) is 0 Å². The van der Waals surface area contributed by atoms with Crippen molar-refractivity contribution in [2.24, 2.45) is 0 Å². The molecule has 0 amide bonds. The number of anilines is 1. The minimum Gasteiger partial charge on any atom is -0.370 e. The van der Waals surface area contributed by atoms with Gasteiger partial charge < -0.3 is 5.32 Å². The Morgan fingerprint density at radius 2 is 2.17 bits per heavy atom. The van der Waals surface area contributed by atoms with Crippen LogP contribution in [0.2, 0.25) is 0 Å². The molecular weight excluding hydrogens is 310 g/mol. The summed E-state index contributed by atoms with van der Waals surface area (Å²) >= 11 is 5.09. The number of thioether (sulfide) groups is 1. The Labute approximate surface area is 120 Å². The zero-order chi connectivity index (χ0) is 12.8. The maximum atomic E-state index is 4.34. The third kappa shape index (κ3) is 3.71. The van der Waals surface area contributed by atoms with Gasteiger partial charge in [0.25, 0.3) is 0 Å². The summed E-state index contributed by atoms with van der Waals surface area (Å²) in [7, 11) is 0. The number of hydrogen-bond acceptors (Lipinski definition) is 4. The molecule has 94 valence electrons. The molecule has 2 aromatic rings. The van der Waals surface area contributed by atoms with E-state index in [4.69, 9.17) is 0 Å². The van der Waals surface area contributed by atoms with Crippen molar-refractivity contribution in [1.29, 1.82) is 0 Å². The lowest BCUT2D eigenvalue weighted by molar-refractivity contribution is 1.11. The molecule has 2 heterocycles. The normalized spacial score (nSPS) is 10.3. The summed E-state index contributed by atoms with van der Waals surface area (Å²) < 4.78 is 1.00. The highest BCUT2D eigenvalue weighted by atomic mass is 79.9. The fourth-order valence-corrected chi connectivity index (χ4v) is 2.54. The molecule has 0 saturated heterocycles. The summed E-state index contributed by atoms with van der Waals surface area (Å²) in [4.78, 5) is 8.69. The minimum atomic E-state index is 0.866. The third-order valence-corrected chi connectivity index (χ3v) is 3.77. The second-order valence-corrected chi connectivity index (χ2v) is 5.56. The number of halogens is 1. The number of rotatable bonds is 5. The van der Waals surface area contributed by atoms with Crippen LogP contribution in [0.5, 0.6) is 0 Å². The topological polar surface area (TPSA) is 37.8 Å². The SMILES string of the molecule is CCNc1ncccc1CSc1ccc(Br)cn1. The zero-order valence-corrected chi connectivity index (χ0v) is 12.5. The molecule has 1 N–H and O–H groups in total. The lowest BCUT2D eigenvalue weighted by Gasteiger charge is -2.08. The molecule has 0 aliphatic rings. The Hall–Kier alpha value is -1.07. The monoisotopic (exact) mass is 323 g/mol.